The van der Waals surface area contributed by atoms with Gasteiger partial charge in [-0.1, -0.05) is 30.3 Å². The van der Waals surface area contributed by atoms with Gasteiger partial charge in [0, 0.05) is 5.56 Å². The van der Waals surface area contributed by atoms with Crippen LogP contribution in [0.4, 0.5) is 5.82 Å². The van der Waals surface area contributed by atoms with Crippen LogP contribution < -0.4 is 10.5 Å². The molecule has 0 spiro atoms. The lowest BCUT2D eigenvalue weighted by Crippen LogP contribution is -2.28. The van der Waals surface area contributed by atoms with E-state index in [9.17, 15) is 8.42 Å². The maximum absolute atomic E-state index is 11.3. The van der Waals surface area contributed by atoms with Gasteiger partial charge in [-0.3, -0.25) is 0 Å². The van der Waals surface area contributed by atoms with E-state index in [1.807, 2.05) is 30.3 Å². The zero-order valence-corrected chi connectivity index (χ0v) is 10.4. The second kappa shape index (κ2) is 4.02. The highest BCUT2D eigenvalue weighted by Gasteiger charge is 2.23. The highest BCUT2D eigenvalue weighted by atomic mass is 32.2. The van der Waals surface area contributed by atoms with Crippen molar-refractivity contribution in [3.63, 3.8) is 0 Å². The van der Waals surface area contributed by atoms with E-state index < -0.39 is 10.2 Å². The Morgan fingerprint density at radius 2 is 1.89 bits per heavy atom. The van der Waals surface area contributed by atoms with Gasteiger partial charge in [0.25, 0.3) is 0 Å². The maximum atomic E-state index is 11.3. The van der Waals surface area contributed by atoms with Crippen LogP contribution in [0.25, 0.3) is 11.3 Å². The van der Waals surface area contributed by atoms with Crippen molar-refractivity contribution >= 4 is 21.9 Å². The van der Waals surface area contributed by atoms with Crippen molar-refractivity contribution in [2.24, 2.45) is 10.1 Å². The van der Waals surface area contributed by atoms with Gasteiger partial charge in [-0.25, -0.2) is 14.7 Å². The summed E-state index contributed by atoms with van der Waals surface area (Å²) in [5.41, 5.74) is 7.29. The lowest BCUT2D eigenvalue weighted by atomic mass is 10.1. The fraction of sp³-hybridized carbons (Fsp3) is 0. The molecule has 8 heteroatoms. The molecule has 7 nitrogen and oxygen atoms in total. The van der Waals surface area contributed by atoms with Crippen LogP contribution in [0.15, 0.2) is 40.9 Å². The van der Waals surface area contributed by atoms with Crippen LogP contribution in [0, 0.1) is 0 Å². The molecule has 0 atom stereocenters. The van der Waals surface area contributed by atoms with E-state index >= 15 is 0 Å². The van der Waals surface area contributed by atoms with E-state index in [4.69, 9.17) is 5.73 Å². The Morgan fingerprint density at radius 1 is 1.16 bits per heavy atom. The quantitative estimate of drug-likeness (QED) is 0.788. The normalized spacial score (nSPS) is 16.1. The first-order chi connectivity index (χ1) is 9.05. The molecule has 1 aromatic heterocycles. The number of nitrogens with zero attached hydrogens (tertiary/aromatic N) is 3. The zero-order chi connectivity index (χ0) is 13.5. The first-order valence-corrected chi connectivity index (χ1v) is 6.80. The van der Waals surface area contributed by atoms with Crippen LogP contribution in [0.3, 0.4) is 0 Å². The third-order valence-corrected chi connectivity index (χ3v) is 3.42. The fourth-order valence-corrected chi connectivity index (χ4v) is 2.49. The predicted molar refractivity (Wildman–Crippen MR) is 70.7 cm³/mol. The molecule has 3 rings (SSSR count). The molecule has 0 saturated carbocycles. The Balaban J connectivity index is 2.14. The maximum Gasteiger partial charge on any atom is 0.345 e. The predicted octanol–water partition coefficient (Wildman–Crippen LogP) is 0.519. The molecule has 1 aliphatic heterocycles. The highest BCUT2D eigenvalue weighted by molar-refractivity contribution is 7.91. The van der Waals surface area contributed by atoms with Gasteiger partial charge in [0.2, 0.25) is 0 Å². The van der Waals surface area contributed by atoms with Gasteiger partial charge in [-0.15, -0.1) is 4.40 Å². The van der Waals surface area contributed by atoms with Crippen LogP contribution in [-0.2, 0) is 10.2 Å². The topological polar surface area (TPSA) is 110 Å². The highest BCUT2D eigenvalue weighted by Crippen LogP contribution is 2.22. The van der Waals surface area contributed by atoms with Crippen molar-refractivity contribution in [2.45, 2.75) is 0 Å². The molecule has 0 fully saturated rings. The zero-order valence-electron chi connectivity index (χ0n) is 9.61. The van der Waals surface area contributed by atoms with E-state index in [2.05, 4.69) is 19.1 Å². The Bertz CT molecular complexity index is 771. The minimum atomic E-state index is -3.81. The summed E-state index contributed by atoms with van der Waals surface area (Å²) in [6.07, 6.45) is 1.48. The third-order valence-electron chi connectivity index (χ3n) is 2.53. The second-order valence-corrected chi connectivity index (χ2v) is 5.21. The van der Waals surface area contributed by atoms with Crippen molar-refractivity contribution in [3.8, 4) is 11.3 Å². The Labute approximate surface area is 109 Å². The molecule has 0 unspecified atom stereocenters. The average Bonchev–Trinajstić information content (AvgIpc) is 2.38. The molecular formula is C11H9N5O2S. The second-order valence-electron chi connectivity index (χ2n) is 3.87. The van der Waals surface area contributed by atoms with Gasteiger partial charge >= 0.3 is 10.2 Å². The van der Waals surface area contributed by atoms with Crippen molar-refractivity contribution in [3.05, 3.63) is 42.2 Å². The minimum Gasteiger partial charge on any atom is -0.381 e. The van der Waals surface area contributed by atoms with Crippen LogP contribution in [0.5, 0.6) is 0 Å². The molecule has 19 heavy (non-hydrogen) atoms. The van der Waals surface area contributed by atoms with Gasteiger partial charge in [0.15, 0.2) is 11.7 Å². The molecule has 3 N–H and O–H groups in total. The number of benzene rings is 1. The Kier molecular flexibility index (Phi) is 2.46. The summed E-state index contributed by atoms with van der Waals surface area (Å²) in [5.74, 6) is -0.0776. The van der Waals surface area contributed by atoms with Crippen molar-refractivity contribution in [1.82, 2.24) is 9.97 Å². The molecule has 2 heterocycles. The van der Waals surface area contributed by atoms with E-state index in [0.29, 0.717) is 5.69 Å². The molecule has 2 aromatic rings. The van der Waals surface area contributed by atoms with Crippen LogP contribution in [0.1, 0.15) is 5.69 Å². The number of hydrogen-bond acceptors (Lipinski definition) is 5. The molecule has 96 valence electrons. The standard InChI is InChI=1S/C11H9N5O2S/c12-10-9-11(16-19(17,18)15-10)13-6-8(14-9)7-4-2-1-3-5-7/h1-6H,(H2,12,15)(H,13,16). The largest absolute Gasteiger partial charge is 0.381 e. The minimum absolute atomic E-state index is 0.0900. The number of aromatic nitrogens is 2. The van der Waals surface area contributed by atoms with E-state index in [-0.39, 0.29) is 17.3 Å². The van der Waals surface area contributed by atoms with Gasteiger partial charge in [-0.2, -0.15) is 8.42 Å². The van der Waals surface area contributed by atoms with Gasteiger partial charge in [0.05, 0.1) is 11.9 Å². The Hall–Kier alpha value is -2.48. The SMILES string of the molecule is NC1=NS(=O)(=O)Nc2ncc(-c3ccccc3)nc21. The monoisotopic (exact) mass is 275 g/mol. The van der Waals surface area contributed by atoms with Crippen LogP contribution >= 0.6 is 0 Å². The van der Waals surface area contributed by atoms with Crippen LogP contribution in [0.2, 0.25) is 0 Å². The first kappa shape index (κ1) is 11.6. The smallest absolute Gasteiger partial charge is 0.345 e. The number of nitrogens with two attached hydrogens (primary N) is 1. The summed E-state index contributed by atoms with van der Waals surface area (Å²) in [6.45, 7) is 0. The fourth-order valence-electron chi connectivity index (χ4n) is 1.71. The lowest BCUT2D eigenvalue weighted by Gasteiger charge is -2.14. The first-order valence-electron chi connectivity index (χ1n) is 5.36. The van der Waals surface area contributed by atoms with E-state index in [0.717, 1.165) is 5.56 Å². The number of rotatable bonds is 1. The van der Waals surface area contributed by atoms with Gasteiger partial charge in [-0.05, 0) is 0 Å². The number of nitrogens with one attached hydrogen (secondary N) is 1. The van der Waals surface area contributed by atoms with Gasteiger partial charge in [0.1, 0.15) is 5.69 Å². The summed E-state index contributed by atoms with van der Waals surface area (Å²) in [6, 6.07) is 9.37. The molecule has 0 bridgehead atoms. The van der Waals surface area contributed by atoms with Crippen LogP contribution in [-0.4, -0.2) is 24.2 Å². The summed E-state index contributed by atoms with van der Waals surface area (Å²) in [7, 11) is -3.81. The number of fused-ring (bicyclic) bond motifs is 1. The number of amidine groups is 1. The molecular weight excluding hydrogens is 266 g/mol. The molecule has 1 aromatic carbocycles. The summed E-state index contributed by atoms with van der Waals surface area (Å²) >= 11 is 0. The molecule has 0 amide bonds. The lowest BCUT2D eigenvalue weighted by molar-refractivity contribution is 0.602. The molecule has 1 aliphatic rings. The number of anilines is 1. The molecule has 0 aliphatic carbocycles. The molecule has 0 saturated heterocycles. The number of hydrogen-bond donors (Lipinski definition) is 2. The van der Waals surface area contributed by atoms with Crippen molar-refractivity contribution in [2.75, 3.05) is 4.72 Å². The average molecular weight is 275 g/mol. The Morgan fingerprint density at radius 3 is 2.63 bits per heavy atom. The van der Waals surface area contributed by atoms with E-state index in [1.165, 1.54) is 6.20 Å². The summed E-state index contributed by atoms with van der Waals surface area (Å²) in [5, 5.41) is 0. The van der Waals surface area contributed by atoms with Gasteiger partial charge < -0.3 is 5.73 Å². The van der Waals surface area contributed by atoms with Crippen molar-refractivity contribution < 1.29 is 8.42 Å². The summed E-state index contributed by atoms with van der Waals surface area (Å²) in [4.78, 5) is 8.31. The van der Waals surface area contributed by atoms with Crippen molar-refractivity contribution in [1.29, 1.82) is 0 Å². The summed E-state index contributed by atoms with van der Waals surface area (Å²) < 4.78 is 28.2. The molecule has 0 radical (unpaired) electrons. The van der Waals surface area contributed by atoms with E-state index in [1.54, 1.807) is 0 Å². The third kappa shape index (κ3) is 2.13.